The number of fused-ring (bicyclic) bond motifs is 1. The first kappa shape index (κ1) is 9.96. The number of hydrogen-bond acceptors (Lipinski definition) is 2. The third-order valence-electron chi connectivity index (χ3n) is 2.54. The molecule has 1 unspecified atom stereocenters. The van der Waals surface area contributed by atoms with Crippen molar-refractivity contribution in [2.45, 2.75) is 6.92 Å². The maximum Gasteiger partial charge on any atom is 0.233 e. The number of rotatable bonds is 0. The fourth-order valence-electron chi connectivity index (χ4n) is 1.63. The van der Waals surface area contributed by atoms with Crippen molar-refractivity contribution in [2.24, 2.45) is 5.92 Å². The SMILES string of the molecule is CC1COc2c(F)cccc2N(C)C1=O. The Morgan fingerprint density at radius 2 is 2.27 bits per heavy atom. The first-order chi connectivity index (χ1) is 7.11. The lowest BCUT2D eigenvalue weighted by Crippen LogP contribution is -2.31. The van der Waals surface area contributed by atoms with Crippen molar-refractivity contribution in [3.63, 3.8) is 0 Å². The molecule has 1 heterocycles. The van der Waals surface area contributed by atoms with E-state index in [2.05, 4.69) is 0 Å². The molecular weight excluding hydrogens is 197 g/mol. The molecule has 1 amide bonds. The lowest BCUT2D eigenvalue weighted by atomic mass is 10.1. The summed E-state index contributed by atoms with van der Waals surface area (Å²) in [5.41, 5.74) is 0.490. The zero-order valence-corrected chi connectivity index (χ0v) is 8.66. The van der Waals surface area contributed by atoms with E-state index in [0.29, 0.717) is 5.69 Å². The van der Waals surface area contributed by atoms with E-state index in [0.717, 1.165) is 0 Å². The molecule has 15 heavy (non-hydrogen) atoms. The Bertz CT molecular complexity index is 406. The Hall–Kier alpha value is -1.58. The van der Waals surface area contributed by atoms with Crippen LogP contribution in [0, 0.1) is 11.7 Å². The van der Waals surface area contributed by atoms with Gasteiger partial charge in [-0.2, -0.15) is 0 Å². The lowest BCUT2D eigenvalue weighted by molar-refractivity contribution is -0.122. The number of para-hydroxylation sites is 1. The van der Waals surface area contributed by atoms with Gasteiger partial charge in [-0.15, -0.1) is 0 Å². The van der Waals surface area contributed by atoms with Gasteiger partial charge in [0, 0.05) is 7.05 Å². The van der Waals surface area contributed by atoms with E-state index < -0.39 is 5.82 Å². The first-order valence-corrected chi connectivity index (χ1v) is 4.80. The van der Waals surface area contributed by atoms with Crippen LogP contribution in [-0.4, -0.2) is 19.6 Å². The quantitative estimate of drug-likeness (QED) is 0.652. The average Bonchev–Trinajstić information content (AvgIpc) is 2.33. The summed E-state index contributed by atoms with van der Waals surface area (Å²) in [5, 5.41) is 0. The summed E-state index contributed by atoms with van der Waals surface area (Å²) in [6, 6.07) is 4.57. The van der Waals surface area contributed by atoms with Gasteiger partial charge in [0.2, 0.25) is 5.91 Å². The van der Waals surface area contributed by atoms with E-state index in [-0.39, 0.29) is 24.2 Å². The van der Waals surface area contributed by atoms with Crippen LogP contribution in [0.25, 0.3) is 0 Å². The van der Waals surface area contributed by atoms with E-state index >= 15 is 0 Å². The predicted molar refractivity (Wildman–Crippen MR) is 54.5 cm³/mol. The monoisotopic (exact) mass is 209 g/mol. The molecule has 0 spiro atoms. The van der Waals surface area contributed by atoms with Gasteiger partial charge in [-0.1, -0.05) is 13.0 Å². The summed E-state index contributed by atoms with van der Waals surface area (Å²) >= 11 is 0. The molecule has 1 aromatic rings. The Balaban J connectivity index is 2.52. The van der Waals surface area contributed by atoms with E-state index in [1.54, 1.807) is 26.1 Å². The molecule has 0 saturated carbocycles. The number of halogens is 1. The second-order valence-electron chi connectivity index (χ2n) is 3.70. The highest BCUT2D eigenvalue weighted by molar-refractivity contribution is 5.96. The van der Waals surface area contributed by atoms with E-state index in [1.807, 2.05) is 0 Å². The van der Waals surface area contributed by atoms with Crippen LogP contribution in [0.5, 0.6) is 5.75 Å². The Labute approximate surface area is 87.5 Å². The Morgan fingerprint density at radius 3 is 3.00 bits per heavy atom. The van der Waals surface area contributed by atoms with Crippen molar-refractivity contribution in [2.75, 3.05) is 18.6 Å². The maximum atomic E-state index is 13.4. The van der Waals surface area contributed by atoms with Gasteiger partial charge >= 0.3 is 0 Å². The molecule has 1 aromatic carbocycles. The molecule has 4 heteroatoms. The third kappa shape index (κ3) is 1.56. The highest BCUT2D eigenvalue weighted by Crippen LogP contribution is 2.33. The standard InChI is InChI=1S/C11H12FNO2/c1-7-6-15-10-8(12)4-3-5-9(10)13(2)11(7)14/h3-5,7H,6H2,1-2H3. The number of benzene rings is 1. The molecule has 1 atom stereocenters. The molecule has 2 rings (SSSR count). The van der Waals surface area contributed by atoms with Gasteiger partial charge in [-0.25, -0.2) is 4.39 Å². The zero-order valence-electron chi connectivity index (χ0n) is 8.66. The summed E-state index contributed by atoms with van der Waals surface area (Å²) in [6.07, 6.45) is 0. The molecule has 0 bridgehead atoms. The minimum atomic E-state index is -0.429. The average molecular weight is 209 g/mol. The number of carbonyl (C=O) groups excluding carboxylic acids is 1. The van der Waals surface area contributed by atoms with E-state index in [9.17, 15) is 9.18 Å². The van der Waals surface area contributed by atoms with Gasteiger partial charge < -0.3 is 9.64 Å². The third-order valence-corrected chi connectivity index (χ3v) is 2.54. The summed E-state index contributed by atoms with van der Waals surface area (Å²) < 4.78 is 18.7. The van der Waals surface area contributed by atoms with Crippen LogP contribution >= 0.6 is 0 Å². The predicted octanol–water partition coefficient (Wildman–Crippen LogP) is 1.82. The fourth-order valence-corrected chi connectivity index (χ4v) is 1.63. The van der Waals surface area contributed by atoms with Crippen molar-refractivity contribution in [3.8, 4) is 5.75 Å². The molecular formula is C11H12FNO2. The number of amides is 1. The van der Waals surface area contributed by atoms with Gasteiger partial charge in [0.15, 0.2) is 11.6 Å². The van der Waals surface area contributed by atoms with E-state index in [4.69, 9.17) is 4.74 Å². The van der Waals surface area contributed by atoms with Crippen LogP contribution in [-0.2, 0) is 4.79 Å². The van der Waals surface area contributed by atoms with Gasteiger partial charge in [0.1, 0.15) is 0 Å². The zero-order chi connectivity index (χ0) is 11.0. The summed E-state index contributed by atoms with van der Waals surface area (Å²) in [7, 11) is 1.63. The van der Waals surface area contributed by atoms with Crippen molar-refractivity contribution < 1.29 is 13.9 Å². The molecule has 1 aliphatic heterocycles. The van der Waals surface area contributed by atoms with Gasteiger partial charge in [0.05, 0.1) is 18.2 Å². The number of nitrogens with zero attached hydrogens (tertiary/aromatic N) is 1. The van der Waals surface area contributed by atoms with Crippen molar-refractivity contribution in [1.29, 1.82) is 0 Å². The summed E-state index contributed by atoms with van der Waals surface area (Å²) in [6.45, 7) is 1.99. The normalized spacial score (nSPS) is 20.6. The minimum Gasteiger partial charge on any atom is -0.488 e. The number of hydrogen-bond donors (Lipinski definition) is 0. The number of anilines is 1. The molecule has 0 radical (unpaired) electrons. The Kier molecular flexibility index (Phi) is 2.34. The van der Waals surface area contributed by atoms with Crippen LogP contribution < -0.4 is 9.64 Å². The number of carbonyl (C=O) groups is 1. The second-order valence-corrected chi connectivity index (χ2v) is 3.70. The van der Waals surface area contributed by atoms with Crippen molar-refractivity contribution >= 4 is 11.6 Å². The smallest absolute Gasteiger partial charge is 0.233 e. The Morgan fingerprint density at radius 1 is 1.53 bits per heavy atom. The van der Waals surface area contributed by atoms with Crippen LogP contribution in [0.15, 0.2) is 18.2 Å². The largest absolute Gasteiger partial charge is 0.488 e. The molecule has 1 aliphatic rings. The highest BCUT2D eigenvalue weighted by atomic mass is 19.1. The maximum absolute atomic E-state index is 13.4. The van der Waals surface area contributed by atoms with Crippen molar-refractivity contribution in [1.82, 2.24) is 0 Å². The molecule has 3 nitrogen and oxygen atoms in total. The minimum absolute atomic E-state index is 0.0562. The first-order valence-electron chi connectivity index (χ1n) is 4.80. The van der Waals surface area contributed by atoms with Gasteiger partial charge in [0.25, 0.3) is 0 Å². The molecule has 80 valence electrons. The molecule has 0 aliphatic carbocycles. The topological polar surface area (TPSA) is 29.5 Å². The molecule has 0 N–H and O–H groups in total. The number of ether oxygens (including phenoxy) is 1. The van der Waals surface area contributed by atoms with Crippen LogP contribution in [0.4, 0.5) is 10.1 Å². The van der Waals surface area contributed by atoms with E-state index in [1.165, 1.54) is 11.0 Å². The van der Waals surface area contributed by atoms with Crippen LogP contribution in [0.3, 0.4) is 0 Å². The van der Waals surface area contributed by atoms with Crippen LogP contribution in [0.2, 0.25) is 0 Å². The fraction of sp³-hybridized carbons (Fsp3) is 0.364. The molecule has 0 fully saturated rings. The highest BCUT2D eigenvalue weighted by Gasteiger charge is 2.27. The summed E-state index contributed by atoms with van der Waals surface area (Å²) in [4.78, 5) is 13.2. The summed E-state index contributed by atoms with van der Waals surface area (Å²) in [5.74, 6) is -0.569. The second kappa shape index (κ2) is 3.53. The molecule has 0 aromatic heterocycles. The van der Waals surface area contributed by atoms with Crippen LogP contribution in [0.1, 0.15) is 6.92 Å². The van der Waals surface area contributed by atoms with Gasteiger partial charge in [-0.05, 0) is 12.1 Å². The molecule has 0 saturated heterocycles. The lowest BCUT2D eigenvalue weighted by Gasteiger charge is -2.17. The van der Waals surface area contributed by atoms with Crippen molar-refractivity contribution in [3.05, 3.63) is 24.0 Å². The van der Waals surface area contributed by atoms with Gasteiger partial charge in [-0.3, -0.25) is 4.79 Å².